The van der Waals surface area contributed by atoms with E-state index in [1.807, 2.05) is 0 Å². The highest BCUT2D eigenvalue weighted by Crippen LogP contribution is 2.32. The highest BCUT2D eigenvalue weighted by Gasteiger charge is 2.44. The molecule has 3 rings (SSSR count). The number of carbonyl (C=O) groups is 1. The van der Waals surface area contributed by atoms with Crippen LogP contribution in [0.5, 0.6) is 0 Å². The van der Waals surface area contributed by atoms with Gasteiger partial charge in [0.1, 0.15) is 24.4 Å². The van der Waals surface area contributed by atoms with Crippen LogP contribution in [0.15, 0.2) is 30.5 Å². The second-order valence-electron chi connectivity index (χ2n) is 5.35. The monoisotopic (exact) mass is 307 g/mol. The molecule has 0 radical (unpaired) electrons. The van der Waals surface area contributed by atoms with Gasteiger partial charge < -0.3 is 29.7 Å². The average Bonchev–Trinajstić information content (AvgIpc) is 2.92. The molecule has 1 aliphatic rings. The van der Waals surface area contributed by atoms with Crippen molar-refractivity contribution in [1.29, 1.82) is 0 Å². The van der Waals surface area contributed by atoms with Gasteiger partial charge in [-0.05, 0) is 6.07 Å². The van der Waals surface area contributed by atoms with E-state index in [1.54, 1.807) is 24.3 Å². The summed E-state index contributed by atoms with van der Waals surface area (Å²) >= 11 is 0. The number of aldehydes is 1. The molecule has 5 atom stereocenters. The molecule has 0 bridgehead atoms. The van der Waals surface area contributed by atoms with E-state index in [4.69, 9.17) is 4.74 Å². The molecule has 7 nitrogen and oxygen atoms in total. The van der Waals surface area contributed by atoms with E-state index in [-0.39, 0.29) is 0 Å². The molecule has 0 aliphatic carbocycles. The van der Waals surface area contributed by atoms with Crippen LogP contribution in [-0.4, -0.2) is 62.3 Å². The summed E-state index contributed by atoms with van der Waals surface area (Å²) < 4.78 is 7.05. The smallest absolute Gasteiger partial charge is 0.163 e. The van der Waals surface area contributed by atoms with E-state index in [1.165, 1.54) is 10.8 Å². The van der Waals surface area contributed by atoms with E-state index in [0.717, 1.165) is 0 Å². The third-order valence-corrected chi connectivity index (χ3v) is 4.04. The zero-order valence-electron chi connectivity index (χ0n) is 11.6. The number of aliphatic hydroxyl groups is 4. The zero-order chi connectivity index (χ0) is 15.9. The van der Waals surface area contributed by atoms with E-state index < -0.39 is 37.3 Å². The van der Waals surface area contributed by atoms with Crippen LogP contribution in [0.25, 0.3) is 10.9 Å². The summed E-state index contributed by atoms with van der Waals surface area (Å²) in [6, 6.07) is 7.08. The van der Waals surface area contributed by atoms with Gasteiger partial charge in [0, 0.05) is 17.1 Å². The van der Waals surface area contributed by atoms with Crippen LogP contribution >= 0.6 is 0 Å². The van der Waals surface area contributed by atoms with Gasteiger partial charge in [0.15, 0.2) is 12.5 Å². The number of ether oxygens (including phenoxy) is 1. The van der Waals surface area contributed by atoms with Gasteiger partial charge in [0.25, 0.3) is 0 Å². The van der Waals surface area contributed by atoms with Crippen LogP contribution in [0.3, 0.4) is 0 Å². The molecule has 22 heavy (non-hydrogen) atoms. The van der Waals surface area contributed by atoms with Crippen molar-refractivity contribution in [3.05, 3.63) is 36.0 Å². The number of aromatic nitrogens is 1. The molecule has 0 saturated carbocycles. The van der Waals surface area contributed by atoms with Gasteiger partial charge in [0.2, 0.25) is 0 Å². The standard InChI is InChI=1S/C15H17NO6/c17-6-8-5-16(10-4-2-1-3-9(8)10)15-14(21)13(20)12(19)11(7-18)22-15/h1-6,11-15,18-21H,7H2/t11-,12-,13-,14-,15-/m1/s1. The molecule has 2 aromatic rings. The summed E-state index contributed by atoms with van der Waals surface area (Å²) in [5.41, 5.74) is 1.07. The van der Waals surface area contributed by atoms with E-state index >= 15 is 0 Å². The summed E-state index contributed by atoms with van der Waals surface area (Å²) in [6.45, 7) is -0.499. The average molecular weight is 307 g/mol. The van der Waals surface area contributed by atoms with Crippen LogP contribution in [-0.2, 0) is 4.74 Å². The predicted octanol–water partition coefficient (Wildman–Crippen LogP) is -0.574. The minimum atomic E-state index is -1.46. The lowest BCUT2D eigenvalue weighted by Gasteiger charge is -2.40. The van der Waals surface area contributed by atoms with Gasteiger partial charge in [-0.2, -0.15) is 0 Å². The SMILES string of the molecule is O=Cc1cn([C@@H]2O[C@H](CO)[C@@H](O)[C@@H](O)[C@H]2O)c2ccccc12. The molecule has 0 spiro atoms. The van der Waals surface area contributed by atoms with Crippen LogP contribution in [0, 0.1) is 0 Å². The number of fused-ring (bicyclic) bond motifs is 1. The van der Waals surface area contributed by atoms with E-state index in [2.05, 4.69) is 0 Å². The number of aliphatic hydroxyl groups excluding tert-OH is 4. The second kappa shape index (κ2) is 5.79. The van der Waals surface area contributed by atoms with Gasteiger partial charge in [-0.1, -0.05) is 18.2 Å². The first kappa shape index (κ1) is 15.1. The highest BCUT2D eigenvalue weighted by atomic mass is 16.6. The Hall–Kier alpha value is -1.77. The number of rotatable bonds is 3. The number of carbonyl (C=O) groups excluding carboxylic acids is 1. The highest BCUT2D eigenvalue weighted by molar-refractivity contribution is 5.97. The number of para-hydroxylation sites is 1. The molecule has 4 N–H and O–H groups in total. The minimum Gasteiger partial charge on any atom is -0.394 e. The minimum absolute atomic E-state index is 0.424. The molecule has 1 aliphatic heterocycles. The Kier molecular flexibility index (Phi) is 3.98. The first-order chi connectivity index (χ1) is 10.6. The van der Waals surface area contributed by atoms with Crippen LogP contribution in [0.4, 0.5) is 0 Å². The van der Waals surface area contributed by atoms with E-state index in [0.29, 0.717) is 22.8 Å². The van der Waals surface area contributed by atoms with Crippen molar-refractivity contribution in [2.24, 2.45) is 0 Å². The molecule has 2 heterocycles. The van der Waals surface area contributed by atoms with Gasteiger partial charge >= 0.3 is 0 Å². The van der Waals surface area contributed by atoms with Crippen molar-refractivity contribution >= 4 is 17.2 Å². The van der Waals surface area contributed by atoms with E-state index in [9.17, 15) is 25.2 Å². The molecule has 7 heteroatoms. The van der Waals surface area contributed by atoms with Crippen LogP contribution in [0.1, 0.15) is 16.6 Å². The van der Waals surface area contributed by atoms with Crippen molar-refractivity contribution in [2.45, 2.75) is 30.6 Å². The summed E-state index contributed by atoms with van der Waals surface area (Å²) in [5.74, 6) is 0. The Morgan fingerprint density at radius 3 is 2.55 bits per heavy atom. The molecule has 1 aromatic heterocycles. The maximum Gasteiger partial charge on any atom is 0.163 e. The van der Waals surface area contributed by atoms with Crippen molar-refractivity contribution < 1.29 is 30.0 Å². The Labute approximate surface area is 126 Å². The van der Waals surface area contributed by atoms with Gasteiger partial charge in [-0.15, -0.1) is 0 Å². The van der Waals surface area contributed by atoms with Gasteiger partial charge in [0.05, 0.1) is 12.1 Å². The molecule has 0 unspecified atom stereocenters. The first-order valence-corrected chi connectivity index (χ1v) is 6.93. The van der Waals surface area contributed by atoms with Crippen molar-refractivity contribution in [1.82, 2.24) is 4.57 Å². The molecular formula is C15H17NO6. The lowest BCUT2D eigenvalue weighted by molar-refractivity contribution is -0.250. The summed E-state index contributed by atoms with van der Waals surface area (Å²) in [7, 11) is 0. The molecule has 1 fully saturated rings. The molecule has 1 saturated heterocycles. The Bertz CT molecular complexity index is 682. The fraction of sp³-hybridized carbons (Fsp3) is 0.400. The Balaban J connectivity index is 2.08. The first-order valence-electron chi connectivity index (χ1n) is 6.93. The molecule has 118 valence electrons. The predicted molar refractivity (Wildman–Crippen MR) is 76.3 cm³/mol. The quantitative estimate of drug-likeness (QED) is 0.565. The molecule has 1 aromatic carbocycles. The maximum absolute atomic E-state index is 11.2. The number of hydrogen-bond donors (Lipinski definition) is 4. The van der Waals surface area contributed by atoms with Gasteiger partial charge in [-0.25, -0.2) is 0 Å². The summed E-state index contributed by atoms with van der Waals surface area (Å²) in [6.07, 6.45) is -4.07. The molecule has 0 amide bonds. The summed E-state index contributed by atoms with van der Waals surface area (Å²) in [4.78, 5) is 11.2. The number of hydrogen-bond acceptors (Lipinski definition) is 6. The number of nitrogens with zero attached hydrogens (tertiary/aromatic N) is 1. The topological polar surface area (TPSA) is 112 Å². The van der Waals surface area contributed by atoms with Crippen molar-refractivity contribution in [3.8, 4) is 0 Å². The largest absolute Gasteiger partial charge is 0.394 e. The normalized spacial score (nSPS) is 32.3. The van der Waals surface area contributed by atoms with Gasteiger partial charge in [-0.3, -0.25) is 4.79 Å². The fourth-order valence-corrected chi connectivity index (χ4v) is 2.85. The second-order valence-corrected chi connectivity index (χ2v) is 5.35. The maximum atomic E-state index is 11.2. The number of benzene rings is 1. The lowest BCUT2D eigenvalue weighted by atomic mass is 9.98. The summed E-state index contributed by atoms with van der Waals surface area (Å²) in [5, 5.41) is 39.8. The van der Waals surface area contributed by atoms with Crippen molar-refractivity contribution in [2.75, 3.05) is 6.61 Å². The molecular weight excluding hydrogens is 290 g/mol. The van der Waals surface area contributed by atoms with Crippen LogP contribution in [0.2, 0.25) is 0 Å². The lowest BCUT2D eigenvalue weighted by Crippen LogP contribution is -2.56. The third-order valence-electron chi connectivity index (χ3n) is 4.04. The zero-order valence-corrected chi connectivity index (χ0v) is 11.6. The Morgan fingerprint density at radius 2 is 1.86 bits per heavy atom. The Morgan fingerprint density at radius 1 is 1.14 bits per heavy atom. The third kappa shape index (κ3) is 2.23. The fourth-order valence-electron chi connectivity index (χ4n) is 2.85. The van der Waals surface area contributed by atoms with Crippen molar-refractivity contribution in [3.63, 3.8) is 0 Å². The van der Waals surface area contributed by atoms with Crippen LogP contribution < -0.4 is 0 Å².